The second-order valence-corrected chi connectivity index (χ2v) is 7.63. The number of ether oxygens (including phenoxy) is 2. The number of fused-ring (bicyclic) bond motifs is 1. The molecule has 1 N–H and O–H groups in total. The number of nitrogens with zero attached hydrogens (tertiary/aromatic N) is 1. The molecule has 0 aromatic heterocycles. The fraction of sp³-hybridized carbons (Fsp3) is 0.231. The van der Waals surface area contributed by atoms with Crippen LogP contribution in [0.25, 0.3) is 10.8 Å². The lowest BCUT2D eigenvalue weighted by Gasteiger charge is -2.34. The summed E-state index contributed by atoms with van der Waals surface area (Å²) < 4.78 is 11.6. The predicted octanol–water partition coefficient (Wildman–Crippen LogP) is 4.95. The van der Waals surface area contributed by atoms with Crippen LogP contribution in [-0.4, -0.2) is 30.6 Å². The van der Waals surface area contributed by atoms with Crippen LogP contribution in [0.4, 0.5) is 4.79 Å². The molecule has 1 aliphatic rings. The zero-order valence-corrected chi connectivity index (χ0v) is 18.4. The molecule has 6 nitrogen and oxygen atoms in total. The number of urea groups is 1. The van der Waals surface area contributed by atoms with Crippen LogP contribution in [0.15, 0.2) is 78.0 Å². The third-order valence-corrected chi connectivity index (χ3v) is 5.71. The molecule has 6 heteroatoms. The molecule has 1 unspecified atom stereocenters. The predicted molar refractivity (Wildman–Crippen MR) is 123 cm³/mol. The van der Waals surface area contributed by atoms with Gasteiger partial charge < -0.3 is 19.7 Å². The molecule has 0 saturated heterocycles. The van der Waals surface area contributed by atoms with Crippen molar-refractivity contribution in [2.45, 2.75) is 26.5 Å². The van der Waals surface area contributed by atoms with Gasteiger partial charge in [-0.25, -0.2) is 9.59 Å². The van der Waals surface area contributed by atoms with Crippen LogP contribution in [0.5, 0.6) is 5.75 Å². The van der Waals surface area contributed by atoms with E-state index in [-0.39, 0.29) is 12.6 Å². The van der Waals surface area contributed by atoms with Gasteiger partial charge in [0.15, 0.2) is 0 Å². The molecule has 0 fully saturated rings. The number of hydrogen-bond acceptors (Lipinski definition) is 4. The van der Waals surface area contributed by atoms with Crippen molar-refractivity contribution in [2.24, 2.45) is 0 Å². The molecule has 1 aliphatic heterocycles. The van der Waals surface area contributed by atoms with E-state index < -0.39 is 12.0 Å². The Morgan fingerprint density at radius 3 is 2.50 bits per heavy atom. The smallest absolute Gasteiger partial charge is 0.338 e. The zero-order chi connectivity index (χ0) is 22.7. The van der Waals surface area contributed by atoms with Crippen LogP contribution in [0.2, 0.25) is 0 Å². The van der Waals surface area contributed by atoms with Gasteiger partial charge in [-0.15, -0.1) is 0 Å². The van der Waals surface area contributed by atoms with Gasteiger partial charge in [0.25, 0.3) is 0 Å². The largest absolute Gasteiger partial charge is 0.489 e. The van der Waals surface area contributed by atoms with Crippen molar-refractivity contribution in [3.63, 3.8) is 0 Å². The first-order valence-corrected chi connectivity index (χ1v) is 10.6. The minimum absolute atomic E-state index is 0.243. The third kappa shape index (κ3) is 4.04. The van der Waals surface area contributed by atoms with Gasteiger partial charge in [0.05, 0.1) is 18.2 Å². The van der Waals surface area contributed by atoms with Crippen LogP contribution >= 0.6 is 0 Å². The Morgan fingerprint density at radius 1 is 1.03 bits per heavy atom. The number of benzene rings is 3. The topological polar surface area (TPSA) is 67.9 Å². The summed E-state index contributed by atoms with van der Waals surface area (Å²) in [5.74, 6) is 0.154. The Kier molecular flexibility index (Phi) is 6.12. The van der Waals surface area contributed by atoms with Gasteiger partial charge in [0, 0.05) is 18.3 Å². The van der Waals surface area contributed by atoms with Crippen molar-refractivity contribution >= 4 is 22.8 Å². The first-order valence-electron chi connectivity index (χ1n) is 10.6. The maximum Gasteiger partial charge on any atom is 0.338 e. The van der Waals surface area contributed by atoms with Gasteiger partial charge in [-0.2, -0.15) is 0 Å². The highest BCUT2D eigenvalue weighted by Crippen LogP contribution is 2.40. The molecule has 1 heterocycles. The summed E-state index contributed by atoms with van der Waals surface area (Å²) in [5.41, 5.74) is 2.72. The van der Waals surface area contributed by atoms with E-state index in [4.69, 9.17) is 9.47 Å². The number of nitrogens with one attached hydrogen (secondary N) is 1. The van der Waals surface area contributed by atoms with Crippen molar-refractivity contribution in [3.8, 4) is 5.75 Å². The van der Waals surface area contributed by atoms with E-state index in [1.54, 1.807) is 20.9 Å². The van der Waals surface area contributed by atoms with Gasteiger partial charge in [0.1, 0.15) is 12.4 Å². The highest BCUT2D eigenvalue weighted by atomic mass is 16.5. The first kappa shape index (κ1) is 21.4. The monoisotopic (exact) mass is 430 g/mol. The molecular weight excluding hydrogens is 404 g/mol. The molecule has 3 aromatic carbocycles. The molecule has 0 bridgehead atoms. The van der Waals surface area contributed by atoms with E-state index in [9.17, 15) is 9.59 Å². The van der Waals surface area contributed by atoms with Crippen molar-refractivity contribution in [1.29, 1.82) is 0 Å². The molecule has 1 atom stereocenters. The highest BCUT2D eigenvalue weighted by Gasteiger charge is 2.37. The molecule has 4 rings (SSSR count). The second kappa shape index (κ2) is 9.14. The number of allylic oxidation sites excluding steroid dienone is 1. The van der Waals surface area contributed by atoms with Gasteiger partial charge in [-0.1, -0.05) is 60.7 Å². The van der Waals surface area contributed by atoms with Crippen molar-refractivity contribution in [3.05, 3.63) is 89.1 Å². The number of esters is 1. The highest BCUT2D eigenvalue weighted by molar-refractivity contribution is 5.98. The molecular formula is C26H26N2O4. The Labute approximate surface area is 187 Å². The molecule has 2 amide bonds. The summed E-state index contributed by atoms with van der Waals surface area (Å²) >= 11 is 0. The Hall–Kier alpha value is -3.80. The summed E-state index contributed by atoms with van der Waals surface area (Å²) in [5, 5.41) is 4.88. The van der Waals surface area contributed by atoms with Crippen molar-refractivity contribution < 1.29 is 19.1 Å². The average Bonchev–Trinajstić information content (AvgIpc) is 2.81. The Morgan fingerprint density at radius 2 is 1.75 bits per heavy atom. The summed E-state index contributed by atoms with van der Waals surface area (Å²) in [7, 11) is 1.63. The number of hydrogen-bond donors (Lipinski definition) is 1. The molecule has 0 spiro atoms. The number of rotatable bonds is 6. The third-order valence-electron chi connectivity index (χ3n) is 5.71. The maximum absolute atomic E-state index is 13.0. The minimum Gasteiger partial charge on any atom is -0.489 e. The Balaban J connectivity index is 1.86. The summed E-state index contributed by atoms with van der Waals surface area (Å²) in [4.78, 5) is 27.1. The molecule has 0 aliphatic carbocycles. The van der Waals surface area contributed by atoms with E-state index in [2.05, 4.69) is 5.32 Å². The average molecular weight is 431 g/mol. The molecule has 32 heavy (non-hydrogen) atoms. The SMILES string of the molecule is CCOC(=O)C1=C(C)N(C)C(=O)NC1c1c(OCc2ccccc2)ccc2ccccc12. The van der Waals surface area contributed by atoms with Gasteiger partial charge >= 0.3 is 12.0 Å². The van der Waals surface area contributed by atoms with E-state index >= 15 is 0 Å². The molecule has 3 aromatic rings. The Bertz CT molecular complexity index is 1190. The maximum atomic E-state index is 13.0. The summed E-state index contributed by atoms with van der Waals surface area (Å²) in [6.45, 7) is 4.13. The van der Waals surface area contributed by atoms with E-state index in [0.29, 0.717) is 23.6 Å². The van der Waals surface area contributed by atoms with E-state index in [0.717, 1.165) is 21.9 Å². The zero-order valence-electron chi connectivity index (χ0n) is 18.4. The van der Waals surface area contributed by atoms with Crippen molar-refractivity contribution in [1.82, 2.24) is 10.2 Å². The molecule has 164 valence electrons. The first-order chi connectivity index (χ1) is 15.5. The minimum atomic E-state index is -0.699. The number of carbonyl (C=O) groups excluding carboxylic acids is 2. The van der Waals surface area contributed by atoms with Crippen molar-refractivity contribution in [2.75, 3.05) is 13.7 Å². The second-order valence-electron chi connectivity index (χ2n) is 7.63. The lowest BCUT2D eigenvalue weighted by atomic mass is 9.90. The standard InChI is InChI=1S/C26H26N2O4/c1-4-31-25(29)22-17(2)28(3)26(30)27-24(22)23-20-13-9-8-12-19(20)14-15-21(23)32-16-18-10-6-5-7-11-18/h5-15,24H,4,16H2,1-3H3,(H,27,30). The quantitative estimate of drug-likeness (QED) is 0.562. The van der Waals surface area contributed by atoms with Gasteiger partial charge in [0.2, 0.25) is 0 Å². The molecule has 0 radical (unpaired) electrons. The normalized spacial score (nSPS) is 16.2. The van der Waals surface area contributed by atoms with Gasteiger partial charge in [-0.05, 0) is 36.2 Å². The summed E-state index contributed by atoms with van der Waals surface area (Å²) in [6.07, 6.45) is 0. The van der Waals surface area contributed by atoms with E-state index in [1.165, 1.54) is 4.90 Å². The van der Waals surface area contributed by atoms with Crippen LogP contribution in [0, 0.1) is 0 Å². The van der Waals surface area contributed by atoms with Crippen LogP contribution in [-0.2, 0) is 16.1 Å². The number of carbonyl (C=O) groups is 2. The fourth-order valence-corrected chi connectivity index (χ4v) is 3.96. The van der Waals surface area contributed by atoms with Crippen LogP contribution in [0.1, 0.15) is 31.0 Å². The number of amides is 2. The molecule has 0 saturated carbocycles. The summed E-state index contributed by atoms with van der Waals surface area (Å²) in [6, 6.07) is 20.6. The van der Waals surface area contributed by atoms with Crippen LogP contribution < -0.4 is 10.1 Å². The fourth-order valence-electron chi connectivity index (χ4n) is 3.96. The van der Waals surface area contributed by atoms with E-state index in [1.807, 2.05) is 66.7 Å². The van der Waals surface area contributed by atoms with Gasteiger partial charge in [-0.3, -0.25) is 0 Å². The van der Waals surface area contributed by atoms with Crippen LogP contribution in [0.3, 0.4) is 0 Å². The lowest BCUT2D eigenvalue weighted by Crippen LogP contribution is -2.46. The lowest BCUT2D eigenvalue weighted by molar-refractivity contribution is -0.139.